The zero-order valence-corrected chi connectivity index (χ0v) is 17.6. The molecule has 1 fully saturated rings. The van der Waals surface area contributed by atoms with Crippen molar-refractivity contribution in [1.29, 1.82) is 0 Å². The van der Waals surface area contributed by atoms with E-state index in [1.165, 1.54) is 4.90 Å². The fourth-order valence-electron chi connectivity index (χ4n) is 3.62. The van der Waals surface area contributed by atoms with Crippen LogP contribution in [0.3, 0.4) is 0 Å². The molecule has 1 aliphatic heterocycles. The van der Waals surface area contributed by atoms with Gasteiger partial charge in [0, 0.05) is 25.8 Å². The third kappa shape index (κ3) is 4.39. The molecule has 158 valence electrons. The second kappa shape index (κ2) is 9.59. The van der Waals surface area contributed by atoms with E-state index < -0.39 is 17.7 Å². The van der Waals surface area contributed by atoms with Gasteiger partial charge in [0.15, 0.2) is 0 Å². The summed E-state index contributed by atoms with van der Waals surface area (Å²) < 4.78 is 10.6. The molecule has 2 aromatic carbocycles. The van der Waals surface area contributed by atoms with E-state index >= 15 is 0 Å². The average molecular weight is 409 g/mol. The summed E-state index contributed by atoms with van der Waals surface area (Å²) in [6.07, 6.45) is 0.585. The highest BCUT2D eigenvalue weighted by molar-refractivity contribution is 6.46. The van der Waals surface area contributed by atoms with Crippen molar-refractivity contribution in [2.45, 2.75) is 26.3 Å². The van der Waals surface area contributed by atoms with Crippen LogP contribution in [0, 0.1) is 6.92 Å². The molecule has 1 saturated heterocycles. The molecule has 2 aromatic rings. The Labute approximate surface area is 176 Å². The van der Waals surface area contributed by atoms with Crippen molar-refractivity contribution in [2.24, 2.45) is 0 Å². The van der Waals surface area contributed by atoms with Crippen LogP contribution >= 0.6 is 0 Å². The number of benzene rings is 2. The lowest BCUT2D eigenvalue weighted by Gasteiger charge is -2.25. The average Bonchev–Trinajstić information content (AvgIpc) is 3.00. The van der Waals surface area contributed by atoms with Gasteiger partial charge in [0.05, 0.1) is 18.2 Å². The third-order valence-corrected chi connectivity index (χ3v) is 5.12. The Bertz CT molecular complexity index is 931. The number of aryl methyl sites for hydroxylation is 1. The van der Waals surface area contributed by atoms with Crippen LogP contribution in [0.2, 0.25) is 0 Å². The minimum atomic E-state index is -0.677. The molecule has 1 amide bonds. The maximum atomic E-state index is 12.9. The molecule has 0 radical (unpaired) electrons. The van der Waals surface area contributed by atoms with E-state index in [0.29, 0.717) is 37.5 Å². The maximum absolute atomic E-state index is 12.9. The maximum Gasteiger partial charge on any atom is 0.295 e. The van der Waals surface area contributed by atoms with Crippen LogP contribution in [0.25, 0.3) is 5.76 Å². The van der Waals surface area contributed by atoms with Crippen LogP contribution in [0.5, 0.6) is 5.75 Å². The van der Waals surface area contributed by atoms with Gasteiger partial charge in [-0.1, -0.05) is 42.0 Å². The quantitative estimate of drug-likeness (QED) is 0.310. The Morgan fingerprint density at radius 3 is 2.33 bits per heavy atom. The predicted octanol–water partition coefficient (Wildman–Crippen LogP) is 3.85. The van der Waals surface area contributed by atoms with Crippen LogP contribution in [0.1, 0.15) is 36.1 Å². The number of carbonyl (C=O) groups is 2. The first-order valence-corrected chi connectivity index (χ1v) is 10.0. The minimum Gasteiger partial charge on any atom is -0.507 e. The lowest BCUT2D eigenvalue weighted by atomic mass is 9.95. The largest absolute Gasteiger partial charge is 0.507 e. The second-order valence-electron chi connectivity index (χ2n) is 7.21. The Kier molecular flexibility index (Phi) is 6.90. The van der Waals surface area contributed by atoms with E-state index in [1.54, 1.807) is 31.4 Å². The number of rotatable bonds is 8. The molecular weight excluding hydrogens is 382 g/mol. The van der Waals surface area contributed by atoms with Gasteiger partial charge < -0.3 is 19.5 Å². The molecule has 0 aromatic heterocycles. The molecule has 0 spiro atoms. The first kappa shape index (κ1) is 21.6. The first-order valence-electron chi connectivity index (χ1n) is 10.0. The van der Waals surface area contributed by atoms with E-state index in [9.17, 15) is 14.7 Å². The van der Waals surface area contributed by atoms with E-state index in [2.05, 4.69) is 0 Å². The van der Waals surface area contributed by atoms with Gasteiger partial charge in [-0.2, -0.15) is 0 Å². The fourth-order valence-corrected chi connectivity index (χ4v) is 3.62. The van der Waals surface area contributed by atoms with Crippen molar-refractivity contribution in [3.63, 3.8) is 0 Å². The first-order chi connectivity index (χ1) is 14.5. The lowest BCUT2D eigenvalue weighted by Crippen LogP contribution is -2.31. The van der Waals surface area contributed by atoms with Gasteiger partial charge >= 0.3 is 0 Å². The van der Waals surface area contributed by atoms with Crippen molar-refractivity contribution in [3.8, 4) is 5.75 Å². The Morgan fingerprint density at radius 2 is 1.73 bits per heavy atom. The smallest absolute Gasteiger partial charge is 0.295 e. The lowest BCUT2D eigenvalue weighted by molar-refractivity contribution is -0.140. The van der Waals surface area contributed by atoms with Gasteiger partial charge in [-0.3, -0.25) is 9.59 Å². The number of hydrogen-bond acceptors (Lipinski definition) is 5. The minimum absolute atomic E-state index is 0.102. The zero-order valence-electron chi connectivity index (χ0n) is 17.6. The van der Waals surface area contributed by atoms with Gasteiger partial charge in [0.2, 0.25) is 0 Å². The number of carbonyl (C=O) groups excluding carboxylic acids is 2. The number of ketones is 1. The number of likely N-dealkylation sites (tertiary alicyclic amines) is 1. The summed E-state index contributed by atoms with van der Waals surface area (Å²) in [6, 6.07) is 13.8. The SMILES string of the molecule is CCOc1ccc([C@@H]2C(=C(O)c3ccc(C)cc3)C(=O)C(=O)N2CCCOC)cc1. The highest BCUT2D eigenvalue weighted by atomic mass is 16.5. The summed E-state index contributed by atoms with van der Waals surface area (Å²) in [6.45, 7) is 5.21. The van der Waals surface area contributed by atoms with Crippen molar-refractivity contribution in [3.05, 3.63) is 70.8 Å². The van der Waals surface area contributed by atoms with Crippen LogP contribution in [0.15, 0.2) is 54.1 Å². The zero-order chi connectivity index (χ0) is 21.7. The summed E-state index contributed by atoms with van der Waals surface area (Å²) >= 11 is 0. The number of nitrogens with zero attached hydrogens (tertiary/aromatic N) is 1. The van der Waals surface area contributed by atoms with E-state index in [1.807, 2.05) is 38.1 Å². The van der Waals surface area contributed by atoms with Crippen LogP contribution in [-0.2, 0) is 14.3 Å². The Balaban J connectivity index is 2.07. The Morgan fingerprint density at radius 1 is 1.07 bits per heavy atom. The Hall–Kier alpha value is -3.12. The van der Waals surface area contributed by atoms with Crippen molar-refractivity contribution >= 4 is 17.4 Å². The van der Waals surface area contributed by atoms with E-state index in [4.69, 9.17) is 9.47 Å². The number of ether oxygens (including phenoxy) is 2. The van der Waals surface area contributed by atoms with Gasteiger partial charge in [0.25, 0.3) is 11.7 Å². The molecule has 0 bridgehead atoms. The summed E-state index contributed by atoms with van der Waals surface area (Å²) in [5, 5.41) is 11.0. The van der Waals surface area contributed by atoms with Gasteiger partial charge in [-0.15, -0.1) is 0 Å². The van der Waals surface area contributed by atoms with E-state index in [-0.39, 0.29) is 11.3 Å². The van der Waals surface area contributed by atoms with E-state index in [0.717, 1.165) is 11.1 Å². The number of methoxy groups -OCH3 is 1. The fraction of sp³-hybridized carbons (Fsp3) is 0.333. The highest BCUT2D eigenvalue weighted by Gasteiger charge is 2.45. The highest BCUT2D eigenvalue weighted by Crippen LogP contribution is 2.39. The van der Waals surface area contributed by atoms with Gasteiger partial charge in [0.1, 0.15) is 11.5 Å². The monoisotopic (exact) mass is 409 g/mol. The summed E-state index contributed by atoms with van der Waals surface area (Å²) in [5.41, 5.74) is 2.38. The standard InChI is InChI=1S/C24H27NO5/c1-4-30-19-12-10-17(11-13-19)21-20(22(26)18-8-6-16(2)7-9-18)23(27)24(28)25(21)14-5-15-29-3/h6-13,21,26H,4-5,14-15H2,1-3H3/t21-/m1/s1. The molecular formula is C24H27NO5. The van der Waals surface area contributed by atoms with Crippen molar-refractivity contribution in [1.82, 2.24) is 4.90 Å². The summed E-state index contributed by atoms with van der Waals surface area (Å²) in [5.74, 6) is -0.749. The molecule has 1 N–H and O–H groups in total. The number of aliphatic hydroxyl groups is 1. The summed E-state index contributed by atoms with van der Waals surface area (Å²) in [7, 11) is 1.59. The summed E-state index contributed by atoms with van der Waals surface area (Å²) in [4.78, 5) is 27.2. The molecule has 3 rings (SSSR count). The number of hydrogen-bond donors (Lipinski definition) is 1. The normalized spacial score (nSPS) is 18.1. The van der Waals surface area contributed by atoms with Crippen LogP contribution in [-0.4, -0.2) is 48.6 Å². The van der Waals surface area contributed by atoms with Crippen molar-refractivity contribution in [2.75, 3.05) is 26.9 Å². The third-order valence-electron chi connectivity index (χ3n) is 5.12. The van der Waals surface area contributed by atoms with Gasteiger partial charge in [-0.05, 0) is 38.0 Å². The molecule has 0 aliphatic carbocycles. The topological polar surface area (TPSA) is 76.1 Å². The molecule has 6 nitrogen and oxygen atoms in total. The van der Waals surface area contributed by atoms with Crippen LogP contribution < -0.4 is 4.74 Å². The predicted molar refractivity (Wildman–Crippen MR) is 114 cm³/mol. The molecule has 0 saturated carbocycles. The van der Waals surface area contributed by atoms with Crippen molar-refractivity contribution < 1.29 is 24.2 Å². The number of amides is 1. The number of aliphatic hydroxyl groups excluding tert-OH is 1. The second-order valence-corrected chi connectivity index (χ2v) is 7.21. The van der Waals surface area contributed by atoms with Crippen LogP contribution in [0.4, 0.5) is 0 Å². The molecule has 0 unspecified atom stereocenters. The molecule has 6 heteroatoms. The molecule has 30 heavy (non-hydrogen) atoms. The molecule has 1 aliphatic rings. The molecule has 1 atom stereocenters. The van der Waals surface area contributed by atoms with Gasteiger partial charge in [-0.25, -0.2) is 0 Å². The molecule has 1 heterocycles. The number of Topliss-reactive ketones (excluding diaryl/α,β-unsaturated/α-hetero) is 1.